The van der Waals surface area contributed by atoms with Crippen molar-refractivity contribution in [2.75, 3.05) is 12.3 Å². The van der Waals surface area contributed by atoms with Gasteiger partial charge in [-0.3, -0.25) is 23.5 Å². The largest absolute Gasteiger partial charge is 0.457 e. The number of hydrogen-bond donors (Lipinski definition) is 1. The molecule has 0 unspecified atom stereocenters. The molecule has 1 aromatic rings. The summed E-state index contributed by atoms with van der Waals surface area (Å²) in [5.74, 6) is -1.30. The molecule has 2 atom stereocenters. The first-order valence-corrected chi connectivity index (χ1v) is 6.51. The Morgan fingerprint density at radius 1 is 1.29 bits per heavy atom. The van der Waals surface area contributed by atoms with E-state index in [1.54, 1.807) is 0 Å². The summed E-state index contributed by atoms with van der Waals surface area (Å²) in [7, 11) is 2.60. The van der Waals surface area contributed by atoms with Crippen LogP contribution in [0.3, 0.4) is 0 Å². The number of anilines is 1. The van der Waals surface area contributed by atoms with Gasteiger partial charge in [0.15, 0.2) is 6.61 Å². The van der Waals surface area contributed by atoms with Gasteiger partial charge in [0.2, 0.25) is 5.78 Å². The highest BCUT2D eigenvalue weighted by Gasteiger charge is 2.40. The van der Waals surface area contributed by atoms with Crippen LogP contribution in [0.4, 0.5) is 5.82 Å². The third-order valence-corrected chi connectivity index (χ3v) is 3.75. The molecule has 8 heteroatoms. The number of carbonyl (C=O) groups excluding carboxylic acids is 2. The first-order chi connectivity index (χ1) is 9.75. The van der Waals surface area contributed by atoms with Crippen molar-refractivity contribution in [3.63, 3.8) is 0 Å². The van der Waals surface area contributed by atoms with Crippen LogP contribution in [0.25, 0.3) is 0 Å². The lowest BCUT2D eigenvalue weighted by Gasteiger charge is -2.10. The van der Waals surface area contributed by atoms with Crippen LogP contribution in [0.1, 0.15) is 23.7 Å². The Hall–Kier alpha value is -2.38. The average molecular weight is 295 g/mol. The Morgan fingerprint density at radius 3 is 2.38 bits per heavy atom. The first-order valence-electron chi connectivity index (χ1n) is 6.51. The van der Waals surface area contributed by atoms with Crippen molar-refractivity contribution in [3.8, 4) is 0 Å². The Bertz CT molecular complexity index is 731. The summed E-state index contributed by atoms with van der Waals surface area (Å²) < 4.78 is 6.68. The third kappa shape index (κ3) is 2.61. The molecule has 0 aromatic carbocycles. The lowest BCUT2D eigenvalue weighted by molar-refractivity contribution is -0.144. The predicted molar refractivity (Wildman–Crippen MR) is 73.9 cm³/mol. The molecule has 0 saturated heterocycles. The maximum absolute atomic E-state index is 12.0. The van der Waals surface area contributed by atoms with E-state index in [0.29, 0.717) is 0 Å². The van der Waals surface area contributed by atoms with E-state index in [0.717, 1.165) is 15.6 Å². The Morgan fingerprint density at radius 2 is 1.86 bits per heavy atom. The number of rotatable bonds is 4. The minimum absolute atomic E-state index is 0.168. The maximum Gasteiger partial charge on any atom is 0.332 e. The molecule has 1 heterocycles. The van der Waals surface area contributed by atoms with E-state index in [1.165, 1.54) is 14.1 Å². The van der Waals surface area contributed by atoms with Gasteiger partial charge in [0.1, 0.15) is 11.4 Å². The number of carbonyl (C=O) groups is 2. The van der Waals surface area contributed by atoms with Crippen LogP contribution in [-0.4, -0.2) is 27.5 Å². The molecule has 1 aromatic heterocycles. The van der Waals surface area contributed by atoms with Crippen molar-refractivity contribution in [1.82, 2.24) is 9.13 Å². The lowest BCUT2D eigenvalue weighted by Crippen LogP contribution is -2.42. The number of esters is 1. The summed E-state index contributed by atoms with van der Waals surface area (Å²) >= 11 is 0. The van der Waals surface area contributed by atoms with Crippen molar-refractivity contribution in [1.29, 1.82) is 0 Å². The molecule has 0 aliphatic heterocycles. The van der Waals surface area contributed by atoms with Crippen LogP contribution in [0.2, 0.25) is 0 Å². The highest BCUT2D eigenvalue weighted by atomic mass is 16.5. The van der Waals surface area contributed by atoms with Gasteiger partial charge in [0.05, 0.1) is 5.92 Å². The molecule has 8 nitrogen and oxygen atoms in total. The number of aromatic nitrogens is 2. The van der Waals surface area contributed by atoms with E-state index >= 15 is 0 Å². The second-order valence-corrected chi connectivity index (χ2v) is 5.32. The first kappa shape index (κ1) is 15.0. The monoisotopic (exact) mass is 295 g/mol. The lowest BCUT2D eigenvalue weighted by atomic mass is 10.2. The van der Waals surface area contributed by atoms with Gasteiger partial charge < -0.3 is 10.5 Å². The molecule has 1 aliphatic rings. The van der Waals surface area contributed by atoms with E-state index in [1.807, 2.05) is 6.92 Å². The Labute approximate surface area is 120 Å². The molecule has 0 spiro atoms. The Balaban J connectivity index is 2.22. The quantitative estimate of drug-likeness (QED) is 0.566. The SMILES string of the molecule is C[C@@H]1C[C@H]1C(=O)OCC(=O)c1c(N)n(C)c(=O)n(C)c1=O. The molecule has 1 saturated carbocycles. The molecule has 1 fully saturated rings. The standard InChI is InChI=1S/C13H17N3O5/c1-6-4-7(6)12(19)21-5-8(17)9-10(14)15(2)13(20)16(3)11(9)18/h6-7H,4-5,14H2,1-3H3/t6-,7-/m1/s1. The number of nitrogen functional groups attached to an aromatic ring is 1. The fourth-order valence-electron chi connectivity index (χ4n) is 2.09. The number of nitrogens with zero attached hydrogens (tertiary/aromatic N) is 2. The van der Waals surface area contributed by atoms with E-state index < -0.39 is 29.6 Å². The molecule has 114 valence electrons. The van der Waals surface area contributed by atoms with E-state index in [-0.39, 0.29) is 23.2 Å². The van der Waals surface area contributed by atoms with Gasteiger partial charge in [0, 0.05) is 14.1 Å². The fraction of sp³-hybridized carbons (Fsp3) is 0.538. The smallest absolute Gasteiger partial charge is 0.332 e. The van der Waals surface area contributed by atoms with Gasteiger partial charge in [-0.15, -0.1) is 0 Å². The van der Waals surface area contributed by atoms with Crippen LogP contribution in [-0.2, 0) is 23.6 Å². The third-order valence-electron chi connectivity index (χ3n) is 3.75. The van der Waals surface area contributed by atoms with Gasteiger partial charge in [-0.1, -0.05) is 6.92 Å². The van der Waals surface area contributed by atoms with Gasteiger partial charge in [0.25, 0.3) is 5.56 Å². The number of ketones is 1. The topological polar surface area (TPSA) is 113 Å². The van der Waals surface area contributed by atoms with Gasteiger partial charge in [-0.25, -0.2) is 4.79 Å². The van der Waals surface area contributed by atoms with Crippen molar-refractivity contribution < 1.29 is 14.3 Å². The molecule has 21 heavy (non-hydrogen) atoms. The van der Waals surface area contributed by atoms with Gasteiger partial charge in [-0.2, -0.15) is 0 Å². The van der Waals surface area contributed by atoms with Crippen molar-refractivity contribution >= 4 is 17.6 Å². The zero-order valence-electron chi connectivity index (χ0n) is 12.1. The number of ether oxygens (including phenoxy) is 1. The molecule has 0 bridgehead atoms. The van der Waals surface area contributed by atoms with E-state index in [2.05, 4.69) is 0 Å². The summed E-state index contributed by atoms with van der Waals surface area (Å²) in [5, 5.41) is 0. The average Bonchev–Trinajstić information content (AvgIpc) is 3.17. The molecule has 1 aliphatic carbocycles. The van der Waals surface area contributed by atoms with Crippen LogP contribution in [0, 0.1) is 11.8 Å². The Kier molecular flexibility index (Phi) is 3.71. The van der Waals surface area contributed by atoms with Crippen LogP contribution in [0.15, 0.2) is 9.59 Å². The van der Waals surface area contributed by atoms with E-state index in [4.69, 9.17) is 10.5 Å². The van der Waals surface area contributed by atoms with Crippen LogP contribution >= 0.6 is 0 Å². The van der Waals surface area contributed by atoms with Gasteiger partial charge in [-0.05, 0) is 12.3 Å². The summed E-state index contributed by atoms with van der Waals surface area (Å²) in [6.07, 6.45) is 0.747. The van der Waals surface area contributed by atoms with Crippen LogP contribution in [0.5, 0.6) is 0 Å². The second-order valence-electron chi connectivity index (χ2n) is 5.32. The molecule has 2 N–H and O–H groups in total. The summed E-state index contributed by atoms with van der Waals surface area (Å²) in [5.41, 5.74) is 3.88. The van der Waals surface area contributed by atoms with Crippen molar-refractivity contribution in [2.45, 2.75) is 13.3 Å². The van der Waals surface area contributed by atoms with E-state index in [9.17, 15) is 19.2 Å². The minimum atomic E-state index is -0.795. The summed E-state index contributed by atoms with van der Waals surface area (Å²) in [6, 6.07) is 0. The maximum atomic E-state index is 12.0. The highest BCUT2D eigenvalue weighted by molar-refractivity contribution is 6.01. The van der Waals surface area contributed by atoms with Crippen molar-refractivity contribution in [3.05, 3.63) is 26.4 Å². The minimum Gasteiger partial charge on any atom is -0.457 e. The molecular formula is C13H17N3O5. The zero-order chi connectivity index (χ0) is 15.9. The molecule has 2 rings (SSSR count). The molecular weight excluding hydrogens is 278 g/mol. The fourth-order valence-corrected chi connectivity index (χ4v) is 2.09. The molecule has 0 amide bonds. The highest BCUT2D eigenvalue weighted by Crippen LogP contribution is 2.38. The molecule has 0 radical (unpaired) electrons. The van der Waals surface area contributed by atoms with Crippen molar-refractivity contribution in [2.24, 2.45) is 25.9 Å². The second kappa shape index (κ2) is 5.19. The zero-order valence-corrected chi connectivity index (χ0v) is 12.1. The number of nitrogens with two attached hydrogens (primary N) is 1. The summed E-state index contributed by atoms with van der Waals surface area (Å²) in [6.45, 7) is 1.36. The van der Waals surface area contributed by atoms with Crippen LogP contribution < -0.4 is 17.0 Å². The number of hydrogen-bond acceptors (Lipinski definition) is 6. The number of Topliss-reactive ketones (excluding diaryl/α,β-unsaturated/α-hetero) is 1. The predicted octanol–water partition coefficient (Wildman–Crippen LogP) is -0.952. The van der Waals surface area contributed by atoms with Gasteiger partial charge >= 0.3 is 11.7 Å². The summed E-state index contributed by atoms with van der Waals surface area (Å²) in [4.78, 5) is 47.2. The normalized spacial score (nSPS) is 20.1.